The van der Waals surface area contributed by atoms with E-state index >= 15 is 0 Å². The first kappa shape index (κ1) is 16.4. The number of benzene rings is 1. The van der Waals surface area contributed by atoms with Crippen molar-refractivity contribution < 1.29 is 18.3 Å². The summed E-state index contributed by atoms with van der Waals surface area (Å²) in [6.45, 7) is 3.62. The third-order valence-corrected chi connectivity index (χ3v) is 3.41. The third kappa shape index (κ3) is 3.09. The van der Waals surface area contributed by atoms with Crippen molar-refractivity contribution in [1.82, 2.24) is 9.78 Å². The minimum atomic E-state index is -4.41. The van der Waals surface area contributed by atoms with Gasteiger partial charge >= 0.3 is 6.18 Å². The molecule has 120 valence electrons. The van der Waals surface area contributed by atoms with Gasteiger partial charge in [-0.25, -0.2) is 4.68 Å². The van der Waals surface area contributed by atoms with E-state index in [4.69, 9.17) is 5.11 Å². The first-order valence-electron chi connectivity index (χ1n) is 6.88. The molecule has 7 heteroatoms. The van der Waals surface area contributed by atoms with Crippen LogP contribution in [0.4, 0.5) is 13.2 Å². The molecule has 0 saturated carbocycles. The van der Waals surface area contributed by atoms with Crippen LogP contribution in [0.15, 0.2) is 29.1 Å². The minimum absolute atomic E-state index is 0.0324. The monoisotopic (exact) mass is 314 g/mol. The number of aliphatic hydroxyl groups is 1. The number of rotatable bonds is 4. The Bertz CT molecular complexity index is 697. The van der Waals surface area contributed by atoms with Crippen molar-refractivity contribution >= 4 is 0 Å². The van der Waals surface area contributed by atoms with E-state index in [0.29, 0.717) is 16.9 Å². The average molecular weight is 314 g/mol. The molecule has 0 aliphatic rings. The Labute approximate surface area is 125 Å². The van der Waals surface area contributed by atoms with Crippen LogP contribution in [0.2, 0.25) is 0 Å². The van der Waals surface area contributed by atoms with Crippen LogP contribution < -0.4 is 5.56 Å². The molecule has 0 unspecified atom stereocenters. The normalized spacial score (nSPS) is 12.1. The fourth-order valence-corrected chi connectivity index (χ4v) is 2.30. The van der Waals surface area contributed by atoms with Gasteiger partial charge in [0.1, 0.15) is 0 Å². The van der Waals surface area contributed by atoms with Crippen molar-refractivity contribution in [2.24, 2.45) is 0 Å². The molecule has 0 saturated heterocycles. The lowest BCUT2D eigenvalue weighted by Crippen LogP contribution is -2.18. The summed E-state index contributed by atoms with van der Waals surface area (Å²) in [5, 5.41) is 12.0. The molecule has 0 aliphatic carbocycles. The van der Waals surface area contributed by atoms with Gasteiger partial charge < -0.3 is 5.11 Å². The molecule has 0 fully saturated rings. The van der Waals surface area contributed by atoms with Crippen LogP contribution >= 0.6 is 0 Å². The van der Waals surface area contributed by atoms with Crippen LogP contribution in [0.25, 0.3) is 5.69 Å². The number of halogens is 3. The second kappa shape index (κ2) is 6.00. The summed E-state index contributed by atoms with van der Waals surface area (Å²) in [4.78, 5) is 12.4. The number of alkyl halides is 3. The summed E-state index contributed by atoms with van der Waals surface area (Å²) >= 11 is 0. The highest BCUT2D eigenvalue weighted by molar-refractivity contribution is 5.37. The number of aromatic amines is 1. The summed E-state index contributed by atoms with van der Waals surface area (Å²) < 4.78 is 38.9. The second-order valence-electron chi connectivity index (χ2n) is 5.32. The Balaban J connectivity index is 2.49. The van der Waals surface area contributed by atoms with Crippen molar-refractivity contribution in [2.75, 3.05) is 6.61 Å². The van der Waals surface area contributed by atoms with E-state index in [-0.39, 0.29) is 24.5 Å². The highest BCUT2D eigenvalue weighted by Gasteiger charge is 2.30. The maximum absolute atomic E-state index is 12.6. The number of hydrogen-bond donors (Lipinski definition) is 2. The number of H-pyrrole nitrogens is 1. The van der Waals surface area contributed by atoms with Gasteiger partial charge in [-0.1, -0.05) is 13.8 Å². The van der Waals surface area contributed by atoms with E-state index in [1.165, 1.54) is 16.8 Å². The highest BCUT2D eigenvalue weighted by Crippen LogP contribution is 2.29. The van der Waals surface area contributed by atoms with Crippen LogP contribution in [-0.4, -0.2) is 21.5 Å². The molecule has 0 atom stereocenters. The van der Waals surface area contributed by atoms with Gasteiger partial charge in [0.05, 0.1) is 11.3 Å². The van der Waals surface area contributed by atoms with E-state index in [2.05, 4.69) is 5.10 Å². The fourth-order valence-electron chi connectivity index (χ4n) is 2.30. The summed E-state index contributed by atoms with van der Waals surface area (Å²) in [5.74, 6) is 0.0324. The first-order chi connectivity index (χ1) is 10.3. The van der Waals surface area contributed by atoms with Gasteiger partial charge in [-0.05, 0) is 30.2 Å². The Kier molecular flexibility index (Phi) is 4.46. The Morgan fingerprint density at radius 3 is 2.27 bits per heavy atom. The number of aliphatic hydroxyl groups excluding tert-OH is 1. The number of aromatic nitrogens is 2. The Morgan fingerprint density at radius 2 is 1.82 bits per heavy atom. The molecule has 0 aliphatic heterocycles. The van der Waals surface area contributed by atoms with Crippen molar-refractivity contribution in [3.8, 4) is 5.69 Å². The zero-order chi connectivity index (χ0) is 16.5. The van der Waals surface area contributed by atoms with Crippen molar-refractivity contribution in [3.05, 3.63) is 51.4 Å². The maximum atomic E-state index is 12.6. The lowest BCUT2D eigenvalue weighted by molar-refractivity contribution is -0.137. The lowest BCUT2D eigenvalue weighted by Gasteiger charge is -2.08. The summed E-state index contributed by atoms with van der Waals surface area (Å²) in [7, 11) is 0. The molecule has 2 rings (SSSR count). The van der Waals surface area contributed by atoms with Gasteiger partial charge in [0.25, 0.3) is 5.56 Å². The molecule has 0 bridgehead atoms. The molecule has 0 amide bonds. The average Bonchev–Trinajstić information content (AvgIpc) is 2.76. The molecular formula is C15H17F3N2O2. The van der Waals surface area contributed by atoms with Crippen LogP contribution in [-0.2, 0) is 12.6 Å². The van der Waals surface area contributed by atoms with Gasteiger partial charge in [-0.15, -0.1) is 0 Å². The molecular weight excluding hydrogens is 297 g/mol. The molecule has 0 radical (unpaired) electrons. The van der Waals surface area contributed by atoms with Gasteiger partial charge in [0, 0.05) is 24.3 Å². The third-order valence-electron chi connectivity index (χ3n) is 3.41. The van der Waals surface area contributed by atoms with E-state index in [9.17, 15) is 18.0 Å². The molecule has 2 N–H and O–H groups in total. The van der Waals surface area contributed by atoms with E-state index < -0.39 is 11.7 Å². The summed E-state index contributed by atoms with van der Waals surface area (Å²) in [6.07, 6.45) is -4.21. The SMILES string of the molecule is CC(C)c1[nH]n(-c2ccc(C(F)(F)F)cc2)c(=O)c1CCO. The van der Waals surface area contributed by atoms with Crippen molar-refractivity contribution in [2.45, 2.75) is 32.4 Å². The maximum Gasteiger partial charge on any atom is 0.416 e. The van der Waals surface area contributed by atoms with E-state index in [1.807, 2.05) is 13.8 Å². The number of hydrogen-bond acceptors (Lipinski definition) is 2. The quantitative estimate of drug-likeness (QED) is 0.912. The Hall–Kier alpha value is -2.02. The fraction of sp³-hybridized carbons (Fsp3) is 0.400. The van der Waals surface area contributed by atoms with Crippen LogP contribution in [0.3, 0.4) is 0 Å². The first-order valence-corrected chi connectivity index (χ1v) is 6.88. The molecule has 0 spiro atoms. The lowest BCUT2D eigenvalue weighted by atomic mass is 10.0. The van der Waals surface area contributed by atoms with Crippen LogP contribution in [0, 0.1) is 0 Å². The Morgan fingerprint density at radius 1 is 1.23 bits per heavy atom. The van der Waals surface area contributed by atoms with Crippen LogP contribution in [0.5, 0.6) is 0 Å². The smallest absolute Gasteiger partial charge is 0.396 e. The predicted octanol–water partition coefficient (Wildman–Crippen LogP) is 2.84. The van der Waals surface area contributed by atoms with E-state index in [0.717, 1.165) is 12.1 Å². The van der Waals surface area contributed by atoms with Crippen molar-refractivity contribution in [1.29, 1.82) is 0 Å². The molecule has 1 heterocycles. The van der Waals surface area contributed by atoms with Crippen molar-refractivity contribution in [3.63, 3.8) is 0 Å². The van der Waals surface area contributed by atoms with Gasteiger partial charge in [-0.3, -0.25) is 9.89 Å². The molecule has 1 aromatic heterocycles. The largest absolute Gasteiger partial charge is 0.416 e. The second-order valence-corrected chi connectivity index (χ2v) is 5.32. The van der Waals surface area contributed by atoms with E-state index in [1.54, 1.807) is 0 Å². The topological polar surface area (TPSA) is 58.0 Å². The van der Waals surface area contributed by atoms with Gasteiger partial charge in [0.2, 0.25) is 0 Å². The molecule has 4 nitrogen and oxygen atoms in total. The number of nitrogens with one attached hydrogen (secondary N) is 1. The van der Waals surface area contributed by atoms with Crippen LogP contribution in [0.1, 0.15) is 36.6 Å². The van der Waals surface area contributed by atoms with Gasteiger partial charge in [-0.2, -0.15) is 13.2 Å². The highest BCUT2D eigenvalue weighted by atomic mass is 19.4. The predicted molar refractivity (Wildman–Crippen MR) is 76.3 cm³/mol. The molecule has 2 aromatic rings. The summed E-state index contributed by atoms with van der Waals surface area (Å²) in [6, 6.07) is 4.36. The summed E-state index contributed by atoms with van der Waals surface area (Å²) in [5.41, 5.74) is 0.341. The zero-order valence-electron chi connectivity index (χ0n) is 12.2. The molecule has 1 aromatic carbocycles. The zero-order valence-corrected chi connectivity index (χ0v) is 12.2. The minimum Gasteiger partial charge on any atom is -0.396 e. The van der Waals surface area contributed by atoms with Gasteiger partial charge in [0.15, 0.2) is 0 Å². The number of nitrogens with zero attached hydrogens (tertiary/aromatic N) is 1. The molecule has 22 heavy (non-hydrogen) atoms. The standard InChI is InChI=1S/C15H17F3N2O2/c1-9(2)13-12(7-8-21)14(22)20(19-13)11-5-3-10(4-6-11)15(16,17)18/h3-6,9,19,21H,7-8H2,1-2H3.